The molecular weight excluding hydrogens is 196 g/mol. The summed E-state index contributed by atoms with van der Waals surface area (Å²) in [5.41, 5.74) is 0. The summed E-state index contributed by atoms with van der Waals surface area (Å²) in [7, 11) is 2.30. The lowest BCUT2D eigenvalue weighted by Gasteiger charge is -2.35. The molecule has 3 aliphatic rings. The minimum atomic E-state index is 0.884. The largest absolute Gasteiger partial charge is 0.312 e. The van der Waals surface area contributed by atoms with Gasteiger partial charge in [0.05, 0.1) is 0 Å². The van der Waals surface area contributed by atoms with Crippen molar-refractivity contribution in [2.45, 2.75) is 57.0 Å². The Morgan fingerprint density at radius 3 is 2.12 bits per heavy atom. The first-order valence-electron chi connectivity index (χ1n) is 7.28. The predicted octanol–water partition coefficient (Wildman–Crippen LogP) is 2.25. The molecule has 0 unspecified atom stereocenters. The zero-order valence-corrected chi connectivity index (χ0v) is 10.6. The summed E-state index contributed by atoms with van der Waals surface area (Å²) in [5, 5.41) is 3.84. The number of nitrogens with zero attached hydrogens (tertiary/aromatic N) is 1. The number of hydrogen-bond acceptors (Lipinski definition) is 2. The fourth-order valence-corrected chi connectivity index (χ4v) is 3.05. The molecule has 0 bridgehead atoms. The second-order valence-corrected chi connectivity index (χ2v) is 6.22. The Morgan fingerprint density at radius 2 is 1.69 bits per heavy atom. The van der Waals surface area contributed by atoms with Gasteiger partial charge in [-0.2, -0.15) is 0 Å². The number of rotatable bonds is 7. The van der Waals surface area contributed by atoms with E-state index in [1.54, 1.807) is 0 Å². The van der Waals surface area contributed by atoms with E-state index in [-0.39, 0.29) is 0 Å². The van der Waals surface area contributed by atoms with Crippen molar-refractivity contribution in [2.75, 3.05) is 20.1 Å². The Hall–Kier alpha value is -0.0800. The average Bonchev–Trinajstić information content (AvgIpc) is 3.00. The maximum Gasteiger partial charge on any atom is 0.0124 e. The fourth-order valence-electron chi connectivity index (χ4n) is 3.05. The molecule has 0 heterocycles. The number of nitrogens with one attached hydrogen (secondary N) is 1. The smallest absolute Gasteiger partial charge is 0.0124 e. The quantitative estimate of drug-likeness (QED) is 0.711. The van der Waals surface area contributed by atoms with E-state index in [0.29, 0.717) is 0 Å². The van der Waals surface area contributed by atoms with Crippen LogP contribution in [0.25, 0.3) is 0 Å². The van der Waals surface area contributed by atoms with Crippen molar-refractivity contribution in [1.29, 1.82) is 0 Å². The third-order valence-electron chi connectivity index (χ3n) is 4.80. The molecule has 92 valence electrons. The van der Waals surface area contributed by atoms with Crippen molar-refractivity contribution in [2.24, 2.45) is 11.8 Å². The van der Waals surface area contributed by atoms with Gasteiger partial charge in [0.2, 0.25) is 0 Å². The van der Waals surface area contributed by atoms with Gasteiger partial charge in [0.1, 0.15) is 0 Å². The van der Waals surface area contributed by atoms with Gasteiger partial charge in [0.25, 0.3) is 0 Å². The van der Waals surface area contributed by atoms with Crippen molar-refractivity contribution in [3.05, 3.63) is 0 Å². The van der Waals surface area contributed by atoms with Gasteiger partial charge in [0, 0.05) is 25.2 Å². The second-order valence-electron chi connectivity index (χ2n) is 6.22. The van der Waals surface area contributed by atoms with Crippen LogP contribution in [-0.2, 0) is 0 Å². The third-order valence-corrected chi connectivity index (χ3v) is 4.80. The predicted molar refractivity (Wildman–Crippen MR) is 67.5 cm³/mol. The van der Waals surface area contributed by atoms with Gasteiger partial charge >= 0.3 is 0 Å². The van der Waals surface area contributed by atoms with Crippen LogP contribution in [0.3, 0.4) is 0 Å². The van der Waals surface area contributed by atoms with Crippen molar-refractivity contribution in [1.82, 2.24) is 10.2 Å². The lowest BCUT2D eigenvalue weighted by Crippen LogP contribution is -2.43. The van der Waals surface area contributed by atoms with Crippen LogP contribution in [0, 0.1) is 11.8 Å². The summed E-state index contributed by atoms with van der Waals surface area (Å²) in [6, 6.07) is 1.79. The van der Waals surface area contributed by atoms with Crippen LogP contribution in [0.4, 0.5) is 0 Å². The maximum absolute atomic E-state index is 3.84. The molecule has 16 heavy (non-hydrogen) atoms. The summed E-state index contributed by atoms with van der Waals surface area (Å²) >= 11 is 0. The van der Waals surface area contributed by atoms with Gasteiger partial charge in [-0.25, -0.2) is 0 Å². The summed E-state index contributed by atoms with van der Waals surface area (Å²) in [6.07, 6.45) is 10.3. The van der Waals surface area contributed by atoms with E-state index >= 15 is 0 Å². The van der Waals surface area contributed by atoms with E-state index in [4.69, 9.17) is 0 Å². The Labute approximate surface area is 99.8 Å². The molecule has 0 aromatic rings. The molecule has 3 rings (SSSR count). The van der Waals surface area contributed by atoms with E-state index < -0.39 is 0 Å². The number of hydrogen-bond donors (Lipinski definition) is 1. The fraction of sp³-hybridized carbons (Fsp3) is 1.00. The van der Waals surface area contributed by atoms with Crippen LogP contribution >= 0.6 is 0 Å². The Morgan fingerprint density at radius 1 is 1.06 bits per heavy atom. The van der Waals surface area contributed by atoms with Crippen molar-refractivity contribution < 1.29 is 0 Å². The highest BCUT2D eigenvalue weighted by atomic mass is 15.2. The van der Waals surface area contributed by atoms with Crippen LogP contribution in [0.2, 0.25) is 0 Å². The highest BCUT2D eigenvalue weighted by molar-refractivity contribution is 4.96. The standard InChI is InChI=1S/C14H26N2/c1-16(13-3-2-4-13)10-9-15-14(11-5-6-11)12-7-8-12/h11-15H,2-10H2,1H3. The van der Waals surface area contributed by atoms with E-state index in [0.717, 1.165) is 23.9 Å². The summed E-state index contributed by atoms with van der Waals surface area (Å²) < 4.78 is 0. The number of likely N-dealkylation sites (N-methyl/N-ethyl adjacent to an activating group) is 1. The molecule has 0 radical (unpaired) electrons. The van der Waals surface area contributed by atoms with E-state index in [2.05, 4.69) is 17.3 Å². The topological polar surface area (TPSA) is 15.3 Å². The highest BCUT2D eigenvalue weighted by Gasteiger charge is 2.40. The monoisotopic (exact) mass is 222 g/mol. The molecule has 0 aliphatic heterocycles. The van der Waals surface area contributed by atoms with E-state index in [9.17, 15) is 0 Å². The van der Waals surface area contributed by atoms with Gasteiger partial charge in [-0.05, 0) is 57.4 Å². The lowest BCUT2D eigenvalue weighted by molar-refractivity contribution is 0.158. The minimum absolute atomic E-state index is 0.884. The second kappa shape index (κ2) is 4.66. The molecule has 3 aliphatic carbocycles. The van der Waals surface area contributed by atoms with Gasteiger partial charge in [-0.15, -0.1) is 0 Å². The van der Waals surface area contributed by atoms with Gasteiger partial charge in [-0.1, -0.05) is 6.42 Å². The summed E-state index contributed by atoms with van der Waals surface area (Å²) in [6.45, 7) is 2.46. The van der Waals surface area contributed by atoms with Crippen LogP contribution in [0.5, 0.6) is 0 Å². The molecule has 0 spiro atoms. The molecule has 2 heteroatoms. The zero-order valence-electron chi connectivity index (χ0n) is 10.6. The highest BCUT2D eigenvalue weighted by Crippen LogP contribution is 2.44. The molecule has 0 aromatic carbocycles. The average molecular weight is 222 g/mol. The molecule has 3 saturated carbocycles. The SMILES string of the molecule is CN(CCNC(C1CC1)C1CC1)C1CCC1. The van der Waals surface area contributed by atoms with Crippen LogP contribution < -0.4 is 5.32 Å². The van der Waals surface area contributed by atoms with Crippen LogP contribution in [-0.4, -0.2) is 37.1 Å². The molecule has 0 atom stereocenters. The zero-order chi connectivity index (χ0) is 11.0. The Kier molecular flexibility index (Phi) is 3.21. The molecule has 1 N–H and O–H groups in total. The van der Waals surface area contributed by atoms with E-state index in [1.165, 1.54) is 58.0 Å². The first-order chi connectivity index (χ1) is 7.84. The third kappa shape index (κ3) is 2.60. The lowest BCUT2D eigenvalue weighted by atomic mass is 9.92. The normalized spacial score (nSPS) is 26.4. The molecule has 0 amide bonds. The Bertz CT molecular complexity index is 217. The maximum atomic E-state index is 3.84. The molecule has 2 nitrogen and oxygen atoms in total. The van der Waals surface area contributed by atoms with Crippen molar-refractivity contribution >= 4 is 0 Å². The molecule has 3 fully saturated rings. The van der Waals surface area contributed by atoms with Gasteiger partial charge in [0.15, 0.2) is 0 Å². The van der Waals surface area contributed by atoms with Crippen molar-refractivity contribution in [3.63, 3.8) is 0 Å². The van der Waals surface area contributed by atoms with Crippen LogP contribution in [0.15, 0.2) is 0 Å². The van der Waals surface area contributed by atoms with Crippen LogP contribution in [0.1, 0.15) is 44.9 Å². The first kappa shape index (κ1) is 11.0. The van der Waals surface area contributed by atoms with E-state index in [1.807, 2.05) is 0 Å². The first-order valence-corrected chi connectivity index (χ1v) is 7.28. The molecule has 0 saturated heterocycles. The van der Waals surface area contributed by atoms with Crippen molar-refractivity contribution in [3.8, 4) is 0 Å². The van der Waals surface area contributed by atoms with Gasteiger partial charge < -0.3 is 10.2 Å². The Balaban J connectivity index is 1.34. The summed E-state index contributed by atoms with van der Waals surface area (Å²) in [5.74, 6) is 2.09. The van der Waals surface area contributed by atoms with Gasteiger partial charge in [-0.3, -0.25) is 0 Å². The molecular formula is C14H26N2. The minimum Gasteiger partial charge on any atom is -0.312 e. The summed E-state index contributed by atoms with van der Waals surface area (Å²) in [4.78, 5) is 2.56. The molecule has 0 aromatic heterocycles.